The lowest BCUT2D eigenvalue weighted by molar-refractivity contribution is 0.0941. The van der Waals surface area contributed by atoms with Gasteiger partial charge in [0.15, 0.2) is 0 Å². The van der Waals surface area contributed by atoms with Gasteiger partial charge in [-0.15, -0.1) is 11.3 Å². The maximum absolute atomic E-state index is 12.2. The van der Waals surface area contributed by atoms with Crippen LogP contribution in [-0.2, 0) is 0 Å². The molecular weight excluding hydrogens is 322 g/mol. The third kappa shape index (κ3) is 3.80. The Kier molecular flexibility index (Phi) is 4.99. The molecular formula is C15H18BrNOS. The summed E-state index contributed by atoms with van der Waals surface area (Å²) in [5.41, 5.74) is 0. The summed E-state index contributed by atoms with van der Waals surface area (Å²) in [6, 6.07) is 10.2. The van der Waals surface area contributed by atoms with Crippen LogP contribution < -0.4 is 5.32 Å². The van der Waals surface area contributed by atoms with Crippen LogP contribution in [0.4, 0.5) is 0 Å². The van der Waals surface area contributed by atoms with E-state index in [-0.39, 0.29) is 11.9 Å². The second-order valence-corrected chi connectivity index (χ2v) is 6.83. The van der Waals surface area contributed by atoms with Crippen LogP contribution >= 0.6 is 27.3 Å². The first-order valence-electron chi connectivity index (χ1n) is 6.45. The highest BCUT2D eigenvalue weighted by molar-refractivity contribution is 9.09. The van der Waals surface area contributed by atoms with Crippen LogP contribution in [0.1, 0.15) is 29.9 Å². The molecule has 1 N–H and O–H groups in total. The largest absolute Gasteiger partial charge is 0.348 e. The zero-order chi connectivity index (χ0) is 13.8. The molecule has 2 rings (SSSR count). The quantitative estimate of drug-likeness (QED) is 0.801. The minimum absolute atomic E-state index is 0.0336. The van der Waals surface area contributed by atoms with E-state index in [0.717, 1.165) is 26.7 Å². The number of benzene rings is 1. The van der Waals surface area contributed by atoms with E-state index in [1.165, 1.54) is 0 Å². The second kappa shape index (κ2) is 6.53. The number of rotatable bonds is 5. The van der Waals surface area contributed by atoms with Crippen molar-refractivity contribution in [2.24, 2.45) is 5.92 Å². The van der Waals surface area contributed by atoms with Gasteiger partial charge < -0.3 is 5.32 Å². The van der Waals surface area contributed by atoms with E-state index in [0.29, 0.717) is 5.92 Å². The Morgan fingerprint density at radius 2 is 2.11 bits per heavy atom. The highest BCUT2D eigenvalue weighted by atomic mass is 79.9. The topological polar surface area (TPSA) is 29.1 Å². The van der Waals surface area contributed by atoms with Crippen molar-refractivity contribution >= 4 is 43.3 Å². The number of carbonyl (C=O) groups excluding carboxylic acids is 1. The number of amides is 1. The van der Waals surface area contributed by atoms with Crippen molar-refractivity contribution in [3.05, 3.63) is 35.2 Å². The number of alkyl halides is 1. The van der Waals surface area contributed by atoms with Crippen molar-refractivity contribution in [3.63, 3.8) is 0 Å². The van der Waals surface area contributed by atoms with E-state index in [9.17, 15) is 4.79 Å². The fourth-order valence-corrected chi connectivity index (χ4v) is 3.47. The van der Waals surface area contributed by atoms with Gasteiger partial charge in [0, 0.05) is 16.1 Å². The van der Waals surface area contributed by atoms with Gasteiger partial charge in [0.1, 0.15) is 0 Å². The highest BCUT2D eigenvalue weighted by Crippen LogP contribution is 2.25. The van der Waals surface area contributed by atoms with Crippen LogP contribution in [-0.4, -0.2) is 17.3 Å². The maximum atomic E-state index is 12.2. The van der Waals surface area contributed by atoms with Crippen LogP contribution in [0.3, 0.4) is 0 Å². The first kappa shape index (κ1) is 14.5. The van der Waals surface area contributed by atoms with Gasteiger partial charge >= 0.3 is 0 Å². The zero-order valence-electron chi connectivity index (χ0n) is 11.2. The standard InChI is InChI=1S/C15H18BrNOS/c1-10(2)7-12(9-16)17-15(18)14-8-11-5-3-4-6-13(11)19-14/h3-6,8,10,12H,7,9H2,1-2H3,(H,17,18). The molecule has 1 heterocycles. The zero-order valence-corrected chi connectivity index (χ0v) is 13.6. The van der Waals surface area contributed by atoms with Crippen molar-refractivity contribution < 1.29 is 4.79 Å². The summed E-state index contributed by atoms with van der Waals surface area (Å²) in [5, 5.41) is 5.03. The average Bonchev–Trinajstić information content (AvgIpc) is 2.81. The fraction of sp³-hybridized carbons (Fsp3) is 0.400. The van der Waals surface area contributed by atoms with Crippen LogP contribution in [0.2, 0.25) is 0 Å². The third-order valence-electron chi connectivity index (χ3n) is 2.93. The molecule has 0 bridgehead atoms. The molecule has 0 fully saturated rings. The SMILES string of the molecule is CC(C)CC(CBr)NC(=O)c1cc2ccccc2s1. The molecule has 102 valence electrons. The first-order chi connectivity index (χ1) is 9.10. The third-order valence-corrected chi connectivity index (χ3v) is 4.82. The number of hydrogen-bond donors (Lipinski definition) is 1. The van der Waals surface area contributed by atoms with E-state index < -0.39 is 0 Å². The van der Waals surface area contributed by atoms with Gasteiger partial charge in [-0.05, 0) is 29.9 Å². The van der Waals surface area contributed by atoms with Gasteiger partial charge in [0.2, 0.25) is 0 Å². The van der Waals surface area contributed by atoms with Crippen LogP contribution in [0.25, 0.3) is 10.1 Å². The summed E-state index contributed by atoms with van der Waals surface area (Å²) in [6.07, 6.45) is 0.988. The van der Waals surface area contributed by atoms with Crippen LogP contribution in [0, 0.1) is 5.92 Å². The van der Waals surface area contributed by atoms with Gasteiger partial charge in [-0.1, -0.05) is 48.0 Å². The van der Waals surface area contributed by atoms with Crippen molar-refractivity contribution in [1.29, 1.82) is 0 Å². The first-order valence-corrected chi connectivity index (χ1v) is 8.39. The number of hydrogen-bond acceptors (Lipinski definition) is 2. The van der Waals surface area contributed by atoms with E-state index in [4.69, 9.17) is 0 Å². The molecule has 0 aliphatic carbocycles. The number of nitrogens with one attached hydrogen (secondary N) is 1. The van der Waals surface area contributed by atoms with E-state index in [2.05, 4.69) is 35.1 Å². The van der Waals surface area contributed by atoms with Gasteiger partial charge in [0.05, 0.1) is 4.88 Å². The van der Waals surface area contributed by atoms with Crippen molar-refractivity contribution in [2.75, 3.05) is 5.33 Å². The molecule has 0 spiro atoms. The molecule has 0 radical (unpaired) electrons. The van der Waals surface area contributed by atoms with Crippen molar-refractivity contribution in [2.45, 2.75) is 26.3 Å². The molecule has 2 nitrogen and oxygen atoms in total. The Balaban J connectivity index is 2.10. The molecule has 1 unspecified atom stereocenters. The fourth-order valence-electron chi connectivity index (χ4n) is 2.08. The van der Waals surface area contributed by atoms with Crippen molar-refractivity contribution in [1.82, 2.24) is 5.32 Å². The normalized spacial score (nSPS) is 12.8. The second-order valence-electron chi connectivity index (χ2n) is 5.10. The summed E-state index contributed by atoms with van der Waals surface area (Å²) in [7, 11) is 0. The minimum Gasteiger partial charge on any atom is -0.348 e. The summed E-state index contributed by atoms with van der Waals surface area (Å²) in [5.74, 6) is 0.608. The Morgan fingerprint density at radius 3 is 2.74 bits per heavy atom. The Labute approximate surface area is 126 Å². The van der Waals surface area contributed by atoms with E-state index >= 15 is 0 Å². The molecule has 0 aliphatic heterocycles. The van der Waals surface area contributed by atoms with E-state index in [1.807, 2.05) is 30.3 Å². The smallest absolute Gasteiger partial charge is 0.261 e. The lowest BCUT2D eigenvalue weighted by Gasteiger charge is -2.17. The molecule has 19 heavy (non-hydrogen) atoms. The Morgan fingerprint density at radius 1 is 1.37 bits per heavy atom. The number of halogens is 1. The minimum atomic E-state index is 0.0336. The lowest BCUT2D eigenvalue weighted by Crippen LogP contribution is -2.36. The van der Waals surface area contributed by atoms with Gasteiger partial charge in [-0.25, -0.2) is 0 Å². The summed E-state index contributed by atoms with van der Waals surface area (Å²) in [4.78, 5) is 13.0. The van der Waals surface area contributed by atoms with E-state index in [1.54, 1.807) is 11.3 Å². The molecule has 1 aromatic heterocycles. The summed E-state index contributed by atoms with van der Waals surface area (Å²) >= 11 is 5.02. The number of thiophene rings is 1. The van der Waals surface area contributed by atoms with Gasteiger partial charge in [0.25, 0.3) is 5.91 Å². The Hall–Kier alpha value is -0.870. The highest BCUT2D eigenvalue weighted by Gasteiger charge is 2.15. The molecule has 0 saturated carbocycles. The Bertz CT molecular complexity index is 531. The predicted octanol–water partition coefficient (Wildman–Crippen LogP) is 4.44. The van der Waals surface area contributed by atoms with Crippen LogP contribution in [0.5, 0.6) is 0 Å². The van der Waals surface area contributed by atoms with Gasteiger partial charge in [-0.2, -0.15) is 0 Å². The molecule has 1 atom stereocenters. The van der Waals surface area contributed by atoms with Gasteiger partial charge in [-0.3, -0.25) is 4.79 Å². The molecule has 4 heteroatoms. The molecule has 0 saturated heterocycles. The summed E-state index contributed by atoms with van der Waals surface area (Å²) < 4.78 is 1.16. The summed E-state index contributed by atoms with van der Waals surface area (Å²) in [6.45, 7) is 4.34. The number of carbonyl (C=O) groups is 1. The maximum Gasteiger partial charge on any atom is 0.261 e. The monoisotopic (exact) mass is 339 g/mol. The van der Waals surface area contributed by atoms with Crippen LogP contribution in [0.15, 0.2) is 30.3 Å². The molecule has 1 aromatic carbocycles. The number of fused-ring (bicyclic) bond motifs is 1. The molecule has 1 amide bonds. The van der Waals surface area contributed by atoms with Crippen molar-refractivity contribution in [3.8, 4) is 0 Å². The molecule has 0 aliphatic rings. The average molecular weight is 340 g/mol. The lowest BCUT2D eigenvalue weighted by atomic mass is 10.1. The predicted molar refractivity (Wildman–Crippen MR) is 86.3 cm³/mol. The molecule has 2 aromatic rings.